The molecule has 3 aromatic rings. The summed E-state index contributed by atoms with van der Waals surface area (Å²) in [6.07, 6.45) is 0. The summed E-state index contributed by atoms with van der Waals surface area (Å²) in [7, 11) is -3.90. The Hall–Kier alpha value is -2.34. The first kappa shape index (κ1) is 16.5. The van der Waals surface area contributed by atoms with Crippen molar-refractivity contribution in [1.82, 2.24) is 4.98 Å². The Morgan fingerprint density at radius 2 is 1.71 bits per heavy atom. The molecule has 0 bridgehead atoms. The molecule has 0 aliphatic rings. The van der Waals surface area contributed by atoms with Gasteiger partial charge in [0, 0.05) is 13.0 Å². The van der Waals surface area contributed by atoms with Crippen molar-refractivity contribution in [2.24, 2.45) is 0 Å². The fourth-order valence-corrected chi connectivity index (χ4v) is 3.29. The molecule has 0 atom stereocenters. The van der Waals surface area contributed by atoms with Gasteiger partial charge in [-0.2, -0.15) is 8.42 Å². The van der Waals surface area contributed by atoms with E-state index < -0.39 is 10.1 Å². The zero-order valence-corrected chi connectivity index (χ0v) is 14.8. The summed E-state index contributed by atoms with van der Waals surface area (Å²) < 4.78 is 35.5. The molecule has 6 heteroatoms. The molecule has 2 aromatic carbocycles. The molecule has 24 heavy (non-hydrogen) atoms. The summed E-state index contributed by atoms with van der Waals surface area (Å²) in [5.74, 6) is 0.710. The van der Waals surface area contributed by atoms with E-state index in [2.05, 4.69) is 25.8 Å². The van der Waals surface area contributed by atoms with Crippen molar-refractivity contribution in [2.75, 3.05) is 0 Å². The fraction of sp³-hybridized carbons (Fsp3) is 0.278. The predicted molar refractivity (Wildman–Crippen MR) is 91.7 cm³/mol. The number of benzene rings is 2. The van der Waals surface area contributed by atoms with Gasteiger partial charge in [0.2, 0.25) is 0 Å². The molecule has 3 rings (SSSR count). The largest absolute Gasteiger partial charge is 0.441 e. The van der Waals surface area contributed by atoms with Crippen LogP contribution in [0.15, 0.2) is 51.8 Å². The van der Waals surface area contributed by atoms with Gasteiger partial charge in [-0.05, 0) is 35.2 Å². The van der Waals surface area contributed by atoms with Gasteiger partial charge in [0.15, 0.2) is 11.5 Å². The van der Waals surface area contributed by atoms with Gasteiger partial charge >= 0.3 is 10.1 Å². The molecule has 126 valence electrons. The van der Waals surface area contributed by atoms with Crippen LogP contribution in [0.3, 0.4) is 0 Å². The maximum absolute atomic E-state index is 12.4. The quantitative estimate of drug-likeness (QED) is 0.665. The second kappa shape index (κ2) is 5.63. The third kappa shape index (κ3) is 3.28. The number of nitrogens with zero attached hydrogens (tertiary/aromatic N) is 1. The lowest BCUT2D eigenvalue weighted by atomic mass is 9.87. The Morgan fingerprint density at radius 3 is 2.33 bits per heavy atom. The molecular weight excluding hydrogens is 326 g/mol. The van der Waals surface area contributed by atoms with Crippen molar-refractivity contribution < 1.29 is 17.0 Å². The highest BCUT2D eigenvalue weighted by Gasteiger charge is 2.19. The molecule has 1 aromatic heterocycles. The SMILES string of the molecule is Cc1nc2ccc(OS(=O)(=O)c3ccc(C(C)(C)C)cc3)cc2o1. The predicted octanol–water partition coefficient (Wildman–Crippen LogP) is 4.20. The van der Waals surface area contributed by atoms with E-state index in [4.69, 9.17) is 8.60 Å². The number of aryl methyl sites for hydroxylation is 1. The van der Waals surface area contributed by atoms with E-state index in [1.807, 2.05) is 0 Å². The Bertz CT molecular complexity index is 980. The van der Waals surface area contributed by atoms with Crippen molar-refractivity contribution in [3.8, 4) is 5.75 Å². The lowest BCUT2D eigenvalue weighted by molar-refractivity contribution is 0.485. The van der Waals surface area contributed by atoms with Crippen LogP contribution in [0.4, 0.5) is 0 Å². The first-order valence-corrected chi connectivity index (χ1v) is 8.98. The minimum atomic E-state index is -3.90. The Labute approximate surface area is 141 Å². The van der Waals surface area contributed by atoms with Crippen molar-refractivity contribution in [3.63, 3.8) is 0 Å². The molecule has 0 saturated heterocycles. The lowest BCUT2D eigenvalue weighted by Gasteiger charge is -2.19. The van der Waals surface area contributed by atoms with E-state index >= 15 is 0 Å². The van der Waals surface area contributed by atoms with E-state index in [1.165, 1.54) is 6.07 Å². The number of hydrogen-bond acceptors (Lipinski definition) is 5. The smallest absolute Gasteiger partial charge is 0.339 e. The molecule has 5 nitrogen and oxygen atoms in total. The minimum absolute atomic E-state index is 0.0433. The van der Waals surface area contributed by atoms with Crippen LogP contribution in [0.1, 0.15) is 32.2 Å². The van der Waals surface area contributed by atoms with Crippen LogP contribution in [0.5, 0.6) is 5.75 Å². The highest BCUT2D eigenvalue weighted by atomic mass is 32.2. The Morgan fingerprint density at radius 1 is 1.04 bits per heavy atom. The highest BCUT2D eigenvalue weighted by molar-refractivity contribution is 7.87. The van der Waals surface area contributed by atoms with E-state index in [-0.39, 0.29) is 16.1 Å². The van der Waals surface area contributed by atoms with Gasteiger partial charge in [0.1, 0.15) is 16.2 Å². The maximum atomic E-state index is 12.4. The monoisotopic (exact) mass is 345 g/mol. The molecule has 0 fully saturated rings. The van der Waals surface area contributed by atoms with E-state index in [0.717, 1.165) is 5.56 Å². The molecule has 0 radical (unpaired) electrons. The third-order valence-electron chi connectivity index (χ3n) is 3.68. The molecule has 0 spiro atoms. The molecule has 1 heterocycles. The number of rotatable bonds is 3. The van der Waals surface area contributed by atoms with E-state index in [9.17, 15) is 8.42 Å². The minimum Gasteiger partial charge on any atom is -0.441 e. The van der Waals surface area contributed by atoms with Crippen LogP contribution in [0.2, 0.25) is 0 Å². The first-order chi connectivity index (χ1) is 11.1. The van der Waals surface area contributed by atoms with Crippen molar-refractivity contribution in [2.45, 2.75) is 38.0 Å². The fourth-order valence-electron chi connectivity index (χ4n) is 2.37. The second-order valence-corrected chi connectivity index (χ2v) is 8.22. The molecule has 0 amide bonds. The van der Waals surface area contributed by atoms with E-state index in [0.29, 0.717) is 17.0 Å². The van der Waals surface area contributed by atoms with E-state index in [1.54, 1.807) is 43.3 Å². The summed E-state index contributed by atoms with van der Waals surface area (Å²) in [4.78, 5) is 4.29. The Balaban J connectivity index is 1.89. The van der Waals surface area contributed by atoms with Crippen LogP contribution >= 0.6 is 0 Å². The number of hydrogen-bond donors (Lipinski definition) is 0. The first-order valence-electron chi connectivity index (χ1n) is 7.57. The van der Waals surface area contributed by atoms with Crippen molar-refractivity contribution >= 4 is 21.2 Å². The summed E-state index contributed by atoms with van der Waals surface area (Å²) >= 11 is 0. The lowest BCUT2D eigenvalue weighted by Crippen LogP contribution is -2.13. The third-order valence-corrected chi connectivity index (χ3v) is 4.94. The van der Waals surface area contributed by atoms with Crippen LogP contribution in [-0.4, -0.2) is 13.4 Å². The Kier molecular flexibility index (Phi) is 3.87. The van der Waals surface area contributed by atoms with Gasteiger partial charge in [-0.25, -0.2) is 4.98 Å². The number of fused-ring (bicyclic) bond motifs is 1. The van der Waals surface area contributed by atoms with Gasteiger partial charge in [-0.3, -0.25) is 0 Å². The second-order valence-electron chi connectivity index (χ2n) is 6.67. The summed E-state index contributed by atoms with van der Waals surface area (Å²) in [6, 6.07) is 11.5. The molecular formula is C18H19NO4S. The average molecular weight is 345 g/mol. The highest BCUT2D eigenvalue weighted by Crippen LogP contribution is 2.26. The van der Waals surface area contributed by atoms with Gasteiger partial charge in [0.25, 0.3) is 0 Å². The maximum Gasteiger partial charge on any atom is 0.339 e. The molecule has 0 aliphatic heterocycles. The average Bonchev–Trinajstić information content (AvgIpc) is 2.85. The zero-order valence-electron chi connectivity index (χ0n) is 14.0. The van der Waals surface area contributed by atoms with Gasteiger partial charge in [-0.1, -0.05) is 32.9 Å². The van der Waals surface area contributed by atoms with Crippen LogP contribution in [-0.2, 0) is 15.5 Å². The summed E-state index contributed by atoms with van der Waals surface area (Å²) in [5, 5.41) is 0. The van der Waals surface area contributed by atoms with Crippen LogP contribution in [0, 0.1) is 6.92 Å². The normalized spacial score (nSPS) is 12.5. The topological polar surface area (TPSA) is 69.4 Å². The zero-order chi connectivity index (χ0) is 17.5. The summed E-state index contributed by atoms with van der Waals surface area (Å²) in [5.41, 5.74) is 2.16. The van der Waals surface area contributed by atoms with Gasteiger partial charge in [0.05, 0.1) is 0 Å². The standard InChI is InChI=1S/C18H19NO4S/c1-12-19-16-10-7-14(11-17(16)22-12)23-24(20,21)15-8-5-13(6-9-15)18(2,3)4/h5-11H,1-4H3. The number of oxazole rings is 1. The van der Waals surface area contributed by atoms with Crippen LogP contribution < -0.4 is 4.18 Å². The van der Waals surface area contributed by atoms with Crippen LogP contribution in [0.25, 0.3) is 11.1 Å². The number of aromatic nitrogens is 1. The van der Waals surface area contributed by atoms with Gasteiger partial charge in [-0.15, -0.1) is 0 Å². The molecule has 0 N–H and O–H groups in total. The molecule has 0 unspecified atom stereocenters. The molecule has 0 saturated carbocycles. The van der Waals surface area contributed by atoms with Crippen molar-refractivity contribution in [3.05, 3.63) is 53.9 Å². The summed E-state index contributed by atoms with van der Waals surface area (Å²) in [6.45, 7) is 7.94. The molecule has 0 aliphatic carbocycles. The van der Waals surface area contributed by atoms with Gasteiger partial charge < -0.3 is 8.60 Å². The van der Waals surface area contributed by atoms with Crippen molar-refractivity contribution in [1.29, 1.82) is 0 Å².